The highest BCUT2D eigenvalue weighted by atomic mass is 32.2. The van der Waals surface area contributed by atoms with Crippen LogP contribution in [0.15, 0.2) is 24.3 Å². The smallest absolute Gasteiger partial charge is 0.281 e. The van der Waals surface area contributed by atoms with E-state index in [0.717, 1.165) is 24.2 Å². The van der Waals surface area contributed by atoms with E-state index in [2.05, 4.69) is 0 Å². The second-order valence-corrected chi connectivity index (χ2v) is 9.95. The van der Waals surface area contributed by atoms with Crippen molar-refractivity contribution >= 4 is 16.1 Å². The molecule has 8 heteroatoms. The summed E-state index contributed by atoms with van der Waals surface area (Å²) in [6.45, 7) is 2.20. The van der Waals surface area contributed by atoms with Crippen LogP contribution in [0.4, 0.5) is 0 Å². The number of carbonyl (C=O) groups excluding carboxylic acids is 1. The van der Waals surface area contributed by atoms with E-state index in [1.165, 1.54) is 8.61 Å². The third kappa shape index (κ3) is 3.97. The van der Waals surface area contributed by atoms with Gasteiger partial charge in [-0.3, -0.25) is 4.79 Å². The Hall–Kier alpha value is -1.64. The molecule has 1 spiro atoms. The lowest BCUT2D eigenvalue weighted by atomic mass is 9.81. The van der Waals surface area contributed by atoms with Crippen molar-refractivity contribution in [1.82, 2.24) is 13.5 Å². The van der Waals surface area contributed by atoms with Crippen molar-refractivity contribution in [2.45, 2.75) is 50.8 Å². The lowest BCUT2D eigenvalue weighted by Crippen LogP contribution is -2.53. The third-order valence-corrected chi connectivity index (χ3v) is 7.64. The van der Waals surface area contributed by atoms with Gasteiger partial charge in [-0.15, -0.1) is 0 Å². The number of para-hydroxylation sites is 1. The molecule has 0 atom stereocenters. The van der Waals surface area contributed by atoms with Gasteiger partial charge in [0, 0.05) is 46.2 Å². The number of amides is 1. The molecule has 0 aromatic heterocycles. The maximum absolute atomic E-state index is 12.9. The van der Waals surface area contributed by atoms with Crippen LogP contribution in [0, 0.1) is 0 Å². The minimum atomic E-state index is -3.56. The molecule has 0 saturated heterocycles. The first-order valence-corrected chi connectivity index (χ1v) is 10.7. The Labute approximate surface area is 162 Å². The third-order valence-electron chi connectivity index (χ3n) is 5.81. The standard InChI is InChI=1S/C19H29N3O4S/c1-15(23)21(4)17-9-11-19(12-10-17)14-22(27(24,25)20(2)3)13-16-7-5-6-8-18(16)26-19/h5-8,17H,9-14H2,1-4H3. The molecule has 0 bridgehead atoms. The van der Waals surface area contributed by atoms with Crippen LogP contribution in [0.2, 0.25) is 0 Å². The molecule has 1 aliphatic carbocycles. The molecule has 1 heterocycles. The number of hydrogen-bond donors (Lipinski definition) is 0. The number of benzene rings is 1. The fourth-order valence-electron chi connectivity index (χ4n) is 3.99. The van der Waals surface area contributed by atoms with Gasteiger partial charge in [0.05, 0.1) is 6.54 Å². The van der Waals surface area contributed by atoms with Gasteiger partial charge in [-0.25, -0.2) is 0 Å². The molecule has 1 amide bonds. The monoisotopic (exact) mass is 395 g/mol. The summed E-state index contributed by atoms with van der Waals surface area (Å²) >= 11 is 0. The molecule has 3 rings (SSSR count). The first-order chi connectivity index (χ1) is 12.6. The Kier molecular flexibility index (Phi) is 5.52. The van der Waals surface area contributed by atoms with Gasteiger partial charge in [0.2, 0.25) is 5.91 Å². The first-order valence-electron chi connectivity index (χ1n) is 9.32. The number of hydrogen-bond acceptors (Lipinski definition) is 4. The molecule has 0 radical (unpaired) electrons. The molecule has 0 unspecified atom stereocenters. The summed E-state index contributed by atoms with van der Waals surface area (Å²) in [6.07, 6.45) is 3.02. The molecule has 2 aliphatic rings. The van der Waals surface area contributed by atoms with Crippen LogP contribution < -0.4 is 4.74 Å². The molecule has 1 aromatic carbocycles. The molecule has 1 saturated carbocycles. The number of rotatable bonds is 3. The quantitative estimate of drug-likeness (QED) is 0.783. The van der Waals surface area contributed by atoms with Crippen molar-refractivity contribution in [1.29, 1.82) is 0 Å². The topological polar surface area (TPSA) is 70.2 Å². The van der Waals surface area contributed by atoms with E-state index in [4.69, 9.17) is 4.74 Å². The van der Waals surface area contributed by atoms with Crippen LogP contribution in [0.3, 0.4) is 0 Å². The van der Waals surface area contributed by atoms with Gasteiger partial charge < -0.3 is 9.64 Å². The first kappa shape index (κ1) is 20.1. The fourth-order valence-corrected chi connectivity index (χ4v) is 5.16. The lowest BCUT2D eigenvalue weighted by Gasteiger charge is -2.43. The predicted octanol–water partition coefficient (Wildman–Crippen LogP) is 1.85. The second kappa shape index (κ2) is 7.41. The van der Waals surface area contributed by atoms with Crippen LogP contribution in [-0.2, 0) is 21.5 Å². The Balaban J connectivity index is 1.90. The Bertz CT molecular complexity index is 801. The molecule has 1 fully saturated rings. The predicted molar refractivity (Wildman–Crippen MR) is 104 cm³/mol. The minimum absolute atomic E-state index is 0.0555. The molecule has 150 valence electrons. The van der Waals surface area contributed by atoms with Gasteiger partial charge >= 0.3 is 0 Å². The summed E-state index contributed by atoms with van der Waals surface area (Å²) in [5.74, 6) is 0.812. The van der Waals surface area contributed by atoms with Crippen molar-refractivity contribution in [3.05, 3.63) is 29.8 Å². The average molecular weight is 396 g/mol. The number of ether oxygens (including phenoxy) is 1. The van der Waals surface area contributed by atoms with Gasteiger partial charge in [-0.2, -0.15) is 17.0 Å². The van der Waals surface area contributed by atoms with Crippen LogP contribution in [0.1, 0.15) is 38.2 Å². The van der Waals surface area contributed by atoms with Crippen LogP contribution in [-0.4, -0.2) is 67.2 Å². The zero-order valence-corrected chi connectivity index (χ0v) is 17.3. The van der Waals surface area contributed by atoms with Crippen molar-refractivity contribution in [2.24, 2.45) is 0 Å². The highest BCUT2D eigenvalue weighted by molar-refractivity contribution is 7.86. The van der Waals surface area contributed by atoms with E-state index < -0.39 is 15.8 Å². The van der Waals surface area contributed by atoms with Crippen molar-refractivity contribution in [2.75, 3.05) is 27.7 Å². The van der Waals surface area contributed by atoms with Gasteiger partial charge in [0.25, 0.3) is 10.2 Å². The molecular weight excluding hydrogens is 366 g/mol. The van der Waals surface area contributed by atoms with Crippen molar-refractivity contribution in [3.8, 4) is 5.75 Å². The highest BCUT2D eigenvalue weighted by Gasteiger charge is 2.45. The molecule has 1 aliphatic heterocycles. The summed E-state index contributed by atoms with van der Waals surface area (Å²) in [5.41, 5.74) is 0.312. The minimum Gasteiger partial charge on any atom is -0.486 e. The fraction of sp³-hybridized carbons (Fsp3) is 0.632. The molecule has 7 nitrogen and oxygen atoms in total. The Morgan fingerprint density at radius 2 is 1.81 bits per heavy atom. The number of nitrogens with zero attached hydrogens (tertiary/aromatic N) is 3. The van der Waals surface area contributed by atoms with Crippen molar-refractivity contribution in [3.63, 3.8) is 0 Å². The zero-order chi connectivity index (χ0) is 19.8. The lowest BCUT2D eigenvalue weighted by molar-refractivity contribution is -0.131. The summed E-state index contributed by atoms with van der Waals surface area (Å²) < 4.78 is 35.0. The zero-order valence-electron chi connectivity index (χ0n) is 16.5. The SMILES string of the molecule is CC(=O)N(C)C1CCC2(CC1)CN(S(=O)(=O)N(C)C)Cc1ccccc1O2. The van der Waals surface area contributed by atoms with Crippen LogP contribution in [0.25, 0.3) is 0 Å². The van der Waals surface area contributed by atoms with Crippen LogP contribution >= 0.6 is 0 Å². The van der Waals surface area contributed by atoms with E-state index in [9.17, 15) is 13.2 Å². The summed E-state index contributed by atoms with van der Waals surface area (Å²) in [6, 6.07) is 7.82. The molecular formula is C19H29N3O4S. The maximum atomic E-state index is 12.9. The maximum Gasteiger partial charge on any atom is 0.281 e. The van der Waals surface area contributed by atoms with Gasteiger partial charge in [-0.1, -0.05) is 18.2 Å². The molecule has 27 heavy (non-hydrogen) atoms. The van der Waals surface area contributed by atoms with E-state index in [0.29, 0.717) is 25.9 Å². The van der Waals surface area contributed by atoms with E-state index in [1.807, 2.05) is 31.3 Å². The second-order valence-electron chi connectivity index (χ2n) is 7.81. The Morgan fingerprint density at radius 3 is 2.41 bits per heavy atom. The number of fused-ring (bicyclic) bond motifs is 1. The normalized spacial score (nSPS) is 26.3. The van der Waals surface area contributed by atoms with Crippen LogP contribution in [0.5, 0.6) is 5.75 Å². The van der Waals surface area contributed by atoms with E-state index >= 15 is 0 Å². The summed E-state index contributed by atoms with van der Waals surface area (Å²) in [4.78, 5) is 13.5. The summed E-state index contributed by atoms with van der Waals surface area (Å²) in [7, 11) is 1.38. The summed E-state index contributed by atoms with van der Waals surface area (Å²) in [5, 5.41) is 0. The van der Waals surface area contributed by atoms with Gasteiger partial charge in [0.1, 0.15) is 11.4 Å². The Morgan fingerprint density at radius 1 is 1.19 bits per heavy atom. The highest BCUT2D eigenvalue weighted by Crippen LogP contribution is 2.40. The molecule has 0 N–H and O–H groups in total. The average Bonchev–Trinajstić information content (AvgIpc) is 2.78. The number of carbonyl (C=O) groups is 1. The van der Waals surface area contributed by atoms with Crippen molar-refractivity contribution < 1.29 is 17.9 Å². The van der Waals surface area contributed by atoms with E-state index in [-0.39, 0.29) is 11.9 Å². The van der Waals surface area contributed by atoms with E-state index in [1.54, 1.807) is 25.9 Å². The largest absolute Gasteiger partial charge is 0.486 e. The molecule has 1 aromatic rings. The van der Waals surface area contributed by atoms with Gasteiger partial charge in [-0.05, 0) is 31.7 Å². The van der Waals surface area contributed by atoms with Gasteiger partial charge in [0.15, 0.2) is 0 Å².